The summed E-state index contributed by atoms with van der Waals surface area (Å²) in [6, 6.07) is 6.02. The van der Waals surface area contributed by atoms with Crippen molar-refractivity contribution in [2.24, 2.45) is 0 Å². The number of halogens is 4. The maximum Gasteiger partial charge on any atom is 0.322 e. The van der Waals surface area contributed by atoms with Crippen molar-refractivity contribution in [3.05, 3.63) is 69.0 Å². The minimum atomic E-state index is -1.24. The van der Waals surface area contributed by atoms with Crippen LogP contribution in [0.1, 0.15) is 30.1 Å². The Balaban J connectivity index is 1.33. The number of carbonyl (C=O) groups excluding carboxylic acids is 1. The molecule has 2 aliphatic rings. The highest BCUT2D eigenvalue weighted by molar-refractivity contribution is 6.33. The number of benzene rings is 1. The molecule has 5 rings (SSSR count). The quantitative estimate of drug-likeness (QED) is 0.495. The lowest BCUT2D eigenvalue weighted by Crippen LogP contribution is -2.45. The molecule has 3 aromatic rings. The van der Waals surface area contributed by atoms with Crippen LogP contribution in [0.3, 0.4) is 0 Å². The minimum absolute atomic E-state index is 0.0239. The third-order valence-electron chi connectivity index (χ3n) is 6.41. The van der Waals surface area contributed by atoms with E-state index in [0.29, 0.717) is 29.7 Å². The Kier molecular flexibility index (Phi) is 6.57. The van der Waals surface area contributed by atoms with Gasteiger partial charge in [0, 0.05) is 35.5 Å². The molecule has 2 N–H and O–H groups in total. The predicted octanol–water partition coefficient (Wildman–Crippen LogP) is 4.60. The van der Waals surface area contributed by atoms with Crippen molar-refractivity contribution in [1.29, 1.82) is 0 Å². The van der Waals surface area contributed by atoms with Crippen molar-refractivity contribution in [2.45, 2.75) is 37.5 Å². The van der Waals surface area contributed by atoms with E-state index in [-0.39, 0.29) is 34.2 Å². The number of anilines is 1. The summed E-state index contributed by atoms with van der Waals surface area (Å²) in [6.45, 7) is -1.99. The SMILES string of the molecule is O=C(Nc1cc(Cl)c(-c2ccc(OC(CF)CF)nc2)cc1F)N1C2CC[C@H]1Cc1cc(=O)[nH]nc12. The van der Waals surface area contributed by atoms with Gasteiger partial charge in [-0.15, -0.1) is 0 Å². The molecule has 2 bridgehead atoms. The number of nitrogens with one attached hydrogen (secondary N) is 2. The number of ether oxygens (including phenoxy) is 1. The second-order valence-corrected chi connectivity index (χ2v) is 9.08. The van der Waals surface area contributed by atoms with Crippen LogP contribution in [0.2, 0.25) is 5.02 Å². The molecule has 2 aliphatic heterocycles. The number of nitrogens with zero attached hydrogens (tertiary/aromatic N) is 3. The minimum Gasteiger partial charge on any atom is -0.469 e. The van der Waals surface area contributed by atoms with Crippen LogP contribution in [0.5, 0.6) is 5.88 Å². The van der Waals surface area contributed by atoms with Gasteiger partial charge >= 0.3 is 6.03 Å². The normalized spacial score (nSPS) is 18.3. The van der Waals surface area contributed by atoms with E-state index in [1.54, 1.807) is 4.90 Å². The molecule has 2 amide bonds. The first-order valence-corrected chi connectivity index (χ1v) is 11.7. The number of H-pyrrole nitrogens is 1. The lowest BCUT2D eigenvalue weighted by atomic mass is 9.99. The zero-order valence-electron chi connectivity index (χ0n) is 18.8. The van der Waals surface area contributed by atoms with E-state index in [2.05, 4.69) is 20.5 Å². The van der Waals surface area contributed by atoms with Gasteiger partial charge in [-0.25, -0.2) is 28.0 Å². The second kappa shape index (κ2) is 9.81. The number of amides is 2. The van der Waals surface area contributed by atoms with E-state index in [1.807, 2.05) is 0 Å². The molecule has 2 aromatic heterocycles. The Bertz CT molecular complexity index is 1350. The molecular weight excluding hydrogens is 499 g/mol. The van der Waals surface area contributed by atoms with Crippen LogP contribution in [0.15, 0.2) is 41.3 Å². The molecule has 1 aromatic carbocycles. The molecule has 4 heterocycles. The average Bonchev–Trinajstić information content (AvgIpc) is 3.19. The van der Waals surface area contributed by atoms with Crippen molar-refractivity contribution in [2.75, 3.05) is 18.7 Å². The highest BCUT2D eigenvalue weighted by Gasteiger charge is 2.44. The fourth-order valence-corrected chi connectivity index (χ4v) is 5.02. The summed E-state index contributed by atoms with van der Waals surface area (Å²) >= 11 is 6.39. The van der Waals surface area contributed by atoms with Crippen LogP contribution in [0.4, 0.5) is 23.7 Å². The van der Waals surface area contributed by atoms with Gasteiger partial charge in [-0.2, -0.15) is 5.10 Å². The highest BCUT2D eigenvalue weighted by atomic mass is 35.5. The van der Waals surface area contributed by atoms with Crippen LogP contribution in [0.25, 0.3) is 11.1 Å². The van der Waals surface area contributed by atoms with Crippen LogP contribution in [-0.4, -0.2) is 51.6 Å². The summed E-state index contributed by atoms with van der Waals surface area (Å²) in [4.78, 5) is 30.4. The van der Waals surface area contributed by atoms with E-state index >= 15 is 4.39 Å². The van der Waals surface area contributed by atoms with Crippen LogP contribution >= 0.6 is 11.6 Å². The van der Waals surface area contributed by atoms with E-state index in [0.717, 1.165) is 12.0 Å². The van der Waals surface area contributed by atoms with E-state index in [9.17, 15) is 18.4 Å². The second-order valence-electron chi connectivity index (χ2n) is 8.68. The smallest absolute Gasteiger partial charge is 0.322 e. The fourth-order valence-electron chi connectivity index (χ4n) is 4.74. The third-order valence-corrected chi connectivity index (χ3v) is 6.72. The van der Waals surface area contributed by atoms with E-state index < -0.39 is 31.3 Å². The van der Waals surface area contributed by atoms with Crippen molar-refractivity contribution >= 4 is 23.3 Å². The maximum absolute atomic E-state index is 15.0. The van der Waals surface area contributed by atoms with Crippen LogP contribution in [0, 0.1) is 5.82 Å². The molecule has 36 heavy (non-hydrogen) atoms. The zero-order valence-corrected chi connectivity index (χ0v) is 19.6. The molecule has 188 valence electrons. The molecule has 1 fully saturated rings. The number of pyridine rings is 1. The van der Waals surface area contributed by atoms with Gasteiger partial charge in [-0.1, -0.05) is 11.6 Å². The molecule has 0 saturated carbocycles. The van der Waals surface area contributed by atoms with Gasteiger partial charge in [0.2, 0.25) is 5.88 Å². The summed E-state index contributed by atoms with van der Waals surface area (Å²) < 4.78 is 45.4. The molecule has 0 radical (unpaired) electrons. The first-order chi connectivity index (χ1) is 17.4. The van der Waals surface area contributed by atoms with E-state index in [4.69, 9.17) is 16.3 Å². The summed E-state index contributed by atoms with van der Waals surface area (Å²) in [5.41, 5.74) is 1.87. The standard InChI is InChI=1S/C24H21ClF3N5O3/c25-17-8-19(18(28)7-16(17)12-1-4-22(29-11-12)36-15(9-26)10-27)30-24(35)33-14-2-3-20(33)23-13(5-14)6-21(34)31-32-23/h1,4,6-8,11,14-15,20H,2-3,5,9-10H2,(H,30,35)(H,31,34)/t14-,20?/m0/s1. The van der Waals surface area contributed by atoms with Gasteiger partial charge in [-0.05, 0) is 43.0 Å². The number of alkyl halides is 2. The first kappa shape index (κ1) is 24.1. The lowest BCUT2D eigenvalue weighted by Gasteiger charge is -2.35. The first-order valence-electron chi connectivity index (χ1n) is 11.3. The molecule has 8 nitrogen and oxygen atoms in total. The number of urea groups is 1. The third kappa shape index (κ3) is 4.50. The molecule has 0 aliphatic carbocycles. The molecule has 12 heteroatoms. The summed E-state index contributed by atoms with van der Waals surface area (Å²) in [6.07, 6.45) is 2.05. The van der Waals surface area contributed by atoms with Crippen LogP contribution < -0.4 is 15.6 Å². The molecule has 2 atom stereocenters. The maximum atomic E-state index is 15.0. The van der Waals surface area contributed by atoms with Gasteiger partial charge in [-0.3, -0.25) is 4.79 Å². The average molecular weight is 520 g/mol. The molecule has 1 unspecified atom stereocenters. The van der Waals surface area contributed by atoms with Gasteiger partial charge in [0.15, 0.2) is 6.10 Å². The Hall–Kier alpha value is -3.60. The van der Waals surface area contributed by atoms with Gasteiger partial charge in [0.1, 0.15) is 19.2 Å². The Morgan fingerprint density at radius 3 is 2.78 bits per heavy atom. The van der Waals surface area contributed by atoms with Crippen LogP contribution in [-0.2, 0) is 6.42 Å². The Labute approximate surface area is 208 Å². The number of aromatic amines is 1. The predicted molar refractivity (Wildman–Crippen MR) is 126 cm³/mol. The molecule has 0 spiro atoms. The van der Waals surface area contributed by atoms with Gasteiger partial charge < -0.3 is 15.0 Å². The Morgan fingerprint density at radius 2 is 2.06 bits per heavy atom. The number of hydrogen-bond acceptors (Lipinski definition) is 5. The van der Waals surface area contributed by atoms with E-state index in [1.165, 1.54) is 36.5 Å². The van der Waals surface area contributed by atoms with Crippen molar-refractivity contribution in [1.82, 2.24) is 20.1 Å². The summed E-state index contributed by atoms with van der Waals surface area (Å²) in [5, 5.41) is 9.33. The van der Waals surface area contributed by atoms with Crippen molar-refractivity contribution in [3.63, 3.8) is 0 Å². The summed E-state index contributed by atoms with van der Waals surface area (Å²) in [7, 11) is 0. The number of aromatic nitrogens is 3. The summed E-state index contributed by atoms with van der Waals surface area (Å²) in [5.74, 6) is -0.680. The lowest BCUT2D eigenvalue weighted by molar-refractivity contribution is 0.128. The zero-order chi connectivity index (χ0) is 25.4. The Morgan fingerprint density at radius 1 is 1.25 bits per heavy atom. The number of rotatable bonds is 6. The fraction of sp³-hybridized carbons (Fsp3) is 0.333. The number of hydrogen-bond donors (Lipinski definition) is 2. The molecule has 1 saturated heterocycles. The highest BCUT2D eigenvalue weighted by Crippen LogP contribution is 2.42. The largest absolute Gasteiger partial charge is 0.469 e. The van der Waals surface area contributed by atoms with Crippen molar-refractivity contribution in [3.8, 4) is 17.0 Å². The number of carbonyl (C=O) groups is 1. The topological polar surface area (TPSA) is 100 Å². The monoisotopic (exact) mass is 519 g/mol. The van der Waals surface area contributed by atoms with Crippen molar-refractivity contribution < 1.29 is 22.7 Å². The van der Waals surface area contributed by atoms with Gasteiger partial charge in [0.25, 0.3) is 5.56 Å². The van der Waals surface area contributed by atoms with Gasteiger partial charge in [0.05, 0.1) is 22.4 Å². The molecular formula is C24H21ClF3N5O3. The number of fused-ring (bicyclic) bond motifs is 4.